The van der Waals surface area contributed by atoms with Gasteiger partial charge in [0.15, 0.2) is 0 Å². The molecule has 1 saturated heterocycles. The van der Waals surface area contributed by atoms with E-state index in [4.69, 9.17) is 0 Å². The summed E-state index contributed by atoms with van der Waals surface area (Å²) in [6.07, 6.45) is 6.64. The number of fused-ring (bicyclic) bond motifs is 1. The van der Waals surface area contributed by atoms with E-state index in [2.05, 4.69) is 34.6 Å². The van der Waals surface area contributed by atoms with Crippen LogP contribution in [-0.2, 0) is 19.5 Å². The van der Waals surface area contributed by atoms with Gasteiger partial charge < -0.3 is 5.11 Å². The van der Waals surface area contributed by atoms with Crippen LogP contribution in [0.3, 0.4) is 0 Å². The quantitative estimate of drug-likeness (QED) is 0.927. The largest absolute Gasteiger partial charge is 0.390 e. The molecule has 2 unspecified atom stereocenters. The first-order valence-electron chi connectivity index (χ1n) is 8.65. The lowest BCUT2D eigenvalue weighted by Crippen LogP contribution is -2.53. The first-order valence-corrected chi connectivity index (χ1v) is 8.65. The minimum absolute atomic E-state index is 0.367. The molecule has 3 rings (SSSR count). The molecule has 2 aliphatic rings. The fourth-order valence-electron chi connectivity index (χ4n) is 4.10. The highest BCUT2D eigenvalue weighted by Crippen LogP contribution is 2.40. The third-order valence-corrected chi connectivity index (χ3v) is 5.47. The van der Waals surface area contributed by atoms with E-state index in [1.54, 1.807) is 0 Å². The van der Waals surface area contributed by atoms with Crippen LogP contribution in [0.1, 0.15) is 57.3 Å². The Labute approximate surface area is 128 Å². The lowest BCUT2D eigenvalue weighted by molar-refractivity contribution is -0.0971. The molecule has 0 bridgehead atoms. The van der Waals surface area contributed by atoms with Gasteiger partial charge in [-0.25, -0.2) is 0 Å². The van der Waals surface area contributed by atoms with E-state index >= 15 is 0 Å². The Hall–Kier alpha value is -0.870. The standard InChI is InChI=1S/C17H29N3O/c1-3-15-11-16(20(4-2)18-15)13-19-10-9-17(21)8-6-5-7-14(17)12-19/h11,14,21H,3-10,12-13H2,1-2H3. The Morgan fingerprint density at radius 3 is 2.95 bits per heavy atom. The Balaban J connectivity index is 1.67. The Bertz CT molecular complexity index is 484. The van der Waals surface area contributed by atoms with Crippen molar-refractivity contribution in [1.29, 1.82) is 0 Å². The van der Waals surface area contributed by atoms with Crippen molar-refractivity contribution in [2.45, 2.75) is 71.1 Å². The zero-order chi connectivity index (χ0) is 14.9. The van der Waals surface area contributed by atoms with Gasteiger partial charge in [0, 0.05) is 32.1 Å². The summed E-state index contributed by atoms with van der Waals surface area (Å²) in [5, 5.41) is 15.4. The van der Waals surface area contributed by atoms with Crippen LogP contribution in [0.2, 0.25) is 0 Å². The number of hydrogen-bond donors (Lipinski definition) is 1. The van der Waals surface area contributed by atoms with Crippen LogP contribution in [0.15, 0.2) is 6.07 Å². The summed E-state index contributed by atoms with van der Waals surface area (Å²) in [4.78, 5) is 2.52. The lowest BCUT2D eigenvalue weighted by Gasteiger charge is -2.47. The number of aryl methyl sites for hydroxylation is 2. The number of likely N-dealkylation sites (tertiary alicyclic amines) is 1. The summed E-state index contributed by atoms with van der Waals surface area (Å²) in [7, 11) is 0. The highest BCUT2D eigenvalue weighted by molar-refractivity contribution is 5.11. The first kappa shape index (κ1) is 15.0. The maximum atomic E-state index is 10.8. The number of hydrogen-bond acceptors (Lipinski definition) is 3. The van der Waals surface area contributed by atoms with Gasteiger partial charge in [-0.15, -0.1) is 0 Å². The molecule has 4 heteroatoms. The van der Waals surface area contributed by atoms with E-state index in [9.17, 15) is 5.11 Å². The van der Waals surface area contributed by atoms with Crippen molar-refractivity contribution in [3.63, 3.8) is 0 Å². The number of piperidine rings is 1. The summed E-state index contributed by atoms with van der Waals surface area (Å²) in [6.45, 7) is 8.31. The molecule has 2 fully saturated rings. The molecule has 1 aliphatic heterocycles. The van der Waals surface area contributed by atoms with Gasteiger partial charge in [0.2, 0.25) is 0 Å². The Morgan fingerprint density at radius 1 is 1.33 bits per heavy atom. The van der Waals surface area contributed by atoms with Crippen molar-refractivity contribution in [3.8, 4) is 0 Å². The molecule has 0 aromatic carbocycles. The lowest BCUT2D eigenvalue weighted by atomic mass is 9.71. The van der Waals surface area contributed by atoms with Crippen LogP contribution in [-0.4, -0.2) is 38.5 Å². The molecule has 21 heavy (non-hydrogen) atoms. The average Bonchev–Trinajstić information content (AvgIpc) is 2.89. The van der Waals surface area contributed by atoms with Gasteiger partial charge >= 0.3 is 0 Å². The van der Waals surface area contributed by atoms with E-state index in [0.29, 0.717) is 5.92 Å². The monoisotopic (exact) mass is 291 g/mol. The van der Waals surface area contributed by atoms with Crippen LogP contribution in [0.25, 0.3) is 0 Å². The predicted molar refractivity (Wildman–Crippen MR) is 84.1 cm³/mol. The third kappa shape index (κ3) is 3.02. The fourth-order valence-corrected chi connectivity index (χ4v) is 4.10. The molecule has 1 aliphatic carbocycles. The van der Waals surface area contributed by atoms with Gasteiger partial charge in [-0.05, 0) is 38.7 Å². The van der Waals surface area contributed by atoms with E-state index < -0.39 is 0 Å². The van der Waals surface area contributed by atoms with Crippen LogP contribution < -0.4 is 0 Å². The minimum Gasteiger partial charge on any atom is -0.390 e. The number of aliphatic hydroxyl groups is 1. The van der Waals surface area contributed by atoms with Crippen molar-refractivity contribution in [1.82, 2.24) is 14.7 Å². The van der Waals surface area contributed by atoms with Gasteiger partial charge in [0.25, 0.3) is 0 Å². The minimum atomic E-state index is -0.367. The summed E-state index contributed by atoms with van der Waals surface area (Å²) in [5.74, 6) is 0.476. The molecular formula is C17H29N3O. The van der Waals surface area contributed by atoms with Crippen LogP contribution in [0.5, 0.6) is 0 Å². The van der Waals surface area contributed by atoms with Crippen molar-refractivity contribution < 1.29 is 5.11 Å². The SMILES string of the molecule is CCc1cc(CN2CCC3(O)CCCCC3C2)n(CC)n1. The number of rotatable bonds is 4. The molecule has 4 nitrogen and oxygen atoms in total. The second-order valence-corrected chi connectivity index (χ2v) is 6.83. The Kier molecular flexibility index (Phi) is 4.36. The van der Waals surface area contributed by atoms with Crippen LogP contribution in [0.4, 0.5) is 0 Å². The molecule has 118 valence electrons. The van der Waals surface area contributed by atoms with Crippen molar-refractivity contribution >= 4 is 0 Å². The van der Waals surface area contributed by atoms with E-state index in [-0.39, 0.29) is 5.60 Å². The van der Waals surface area contributed by atoms with Crippen molar-refractivity contribution in [3.05, 3.63) is 17.5 Å². The number of aromatic nitrogens is 2. The third-order valence-electron chi connectivity index (χ3n) is 5.47. The molecule has 1 N–H and O–H groups in total. The molecule has 2 atom stereocenters. The molecule has 0 spiro atoms. The van der Waals surface area contributed by atoms with Gasteiger partial charge in [-0.2, -0.15) is 5.10 Å². The van der Waals surface area contributed by atoms with Gasteiger partial charge in [0.05, 0.1) is 17.0 Å². The Morgan fingerprint density at radius 2 is 2.19 bits per heavy atom. The topological polar surface area (TPSA) is 41.3 Å². The smallest absolute Gasteiger partial charge is 0.0700 e. The molecule has 1 aromatic heterocycles. The highest BCUT2D eigenvalue weighted by atomic mass is 16.3. The van der Waals surface area contributed by atoms with Gasteiger partial charge in [-0.1, -0.05) is 19.8 Å². The van der Waals surface area contributed by atoms with Crippen LogP contribution >= 0.6 is 0 Å². The summed E-state index contributed by atoms with van der Waals surface area (Å²) >= 11 is 0. The van der Waals surface area contributed by atoms with E-state index in [1.807, 2.05) is 0 Å². The highest BCUT2D eigenvalue weighted by Gasteiger charge is 2.42. The average molecular weight is 291 g/mol. The summed E-state index contributed by atoms with van der Waals surface area (Å²) < 4.78 is 2.14. The molecule has 2 heterocycles. The van der Waals surface area contributed by atoms with Crippen molar-refractivity contribution in [2.24, 2.45) is 5.92 Å². The summed E-state index contributed by atoms with van der Waals surface area (Å²) in [5.41, 5.74) is 2.16. The maximum Gasteiger partial charge on any atom is 0.0700 e. The second-order valence-electron chi connectivity index (χ2n) is 6.83. The maximum absolute atomic E-state index is 10.8. The zero-order valence-corrected chi connectivity index (χ0v) is 13.5. The predicted octanol–water partition coefficient (Wildman–Crippen LogP) is 2.59. The van der Waals surface area contributed by atoms with Gasteiger partial charge in [0.1, 0.15) is 0 Å². The fraction of sp³-hybridized carbons (Fsp3) is 0.824. The normalized spacial score (nSPS) is 30.3. The molecular weight excluding hydrogens is 262 g/mol. The van der Waals surface area contributed by atoms with Crippen molar-refractivity contribution in [2.75, 3.05) is 13.1 Å². The first-order chi connectivity index (χ1) is 10.1. The summed E-state index contributed by atoms with van der Waals surface area (Å²) in [6, 6.07) is 2.26. The zero-order valence-electron chi connectivity index (χ0n) is 13.5. The number of nitrogens with zero attached hydrogens (tertiary/aromatic N) is 3. The van der Waals surface area contributed by atoms with Gasteiger partial charge in [-0.3, -0.25) is 9.58 Å². The molecule has 1 saturated carbocycles. The van der Waals surface area contributed by atoms with E-state index in [1.165, 1.54) is 30.7 Å². The molecule has 1 aromatic rings. The van der Waals surface area contributed by atoms with E-state index in [0.717, 1.165) is 45.4 Å². The second kappa shape index (κ2) is 6.09. The van der Waals surface area contributed by atoms with Crippen LogP contribution in [0, 0.1) is 5.92 Å². The molecule has 0 amide bonds. The molecule has 0 radical (unpaired) electrons.